The van der Waals surface area contributed by atoms with Crippen molar-refractivity contribution < 1.29 is 9.47 Å². The minimum atomic E-state index is 0.357. The third kappa shape index (κ3) is 4.01. The summed E-state index contributed by atoms with van der Waals surface area (Å²) in [6, 6.07) is 6.69. The van der Waals surface area contributed by atoms with Crippen molar-refractivity contribution in [1.82, 2.24) is 10.6 Å². The Morgan fingerprint density at radius 1 is 1.38 bits per heavy atom. The van der Waals surface area contributed by atoms with Gasteiger partial charge in [0.25, 0.3) is 0 Å². The molecule has 0 amide bonds. The summed E-state index contributed by atoms with van der Waals surface area (Å²) in [5.74, 6) is 1.83. The van der Waals surface area contributed by atoms with Crippen LogP contribution in [0.2, 0.25) is 0 Å². The summed E-state index contributed by atoms with van der Waals surface area (Å²) in [6.07, 6.45) is 5.16. The highest BCUT2D eigenvalue weighted by molar-refractivity contribution is 5.80. The van der Waals surface area contributed by atoms with Crippen molar-refractivity contribution in [3.8, 4) is 5.75 Å². The fourth-order valence-corrected chi connectivity index (χ4v) is 3.68. The molecule has 2 aliphatic rings. The van der Waals surface area contributed by atoms with Crippen LogP contribution < -0.4 is 15.4 Å². The van der Waals surface area contributed by atoms with E-state index in [0.717, 1.165) is 37.6 Å². The largest absolute Gasteiger partial charge is 0.496 e. The molecule has 5 heteroatoms. The SMILES string of the molecule is CCNC(=NCCc1cc(C)ccc1OC)NC1CC2CCC1O2. The Bertz CT molecular complexity index is 588. The molecular formula is C19H29N3O2. The van der Waals surface area contributed by atoms with Gasteiger partial charge in [-0.05, 0) is 51.2 Å². The quantitative estimate of drug-likeness (QED) is 0.621. The second kappa shape index (κ2) is 7.88. The molecule has 1 aromatic rings. The van der Waals surface area contributed by atoms with Crippen molar-refractivity contribution >= 4 is 5.96 Å². The molecular weight excluding hydrogens is 302 g/mol. The molecule has 0 spiro atoms. The van der Waals surface area contributed by atoms with E-state index in [0.29, 0.717) is 18.2 Å². The van der Waals surface area contributed by atoms with Crippen LogP contribution in [0.25, 0.3) is 0 Å². The standard InChI is InChI=1S/C19H29N3O2/c1-4-20-19(22-16-12-15-6-8-18(16)24-15)21-10-9-14-11-13(2)5-7-17(14)23-3/h5,7,11,15-16,18H,4,6,8-10,12H2,1-3H3,(H2,20,21,22). The molecule has 5 nitrogen and oxygen atoms in total. The molecule has 3 rings (SSSR count). The van der Waals surface area contributed by atoms with Gasteiger partial charge in [0.1, 0.15) is 5.75 Å². The third-order valence-electron chi connectivity index (χ3n) is 4.86. The minimum absolute atomic E-state index is 0.357. The van der Waals surface area contributed by atoms with Gasteiger partial charge in [0.2, 0.25) is 0 Å². The van der Waals surface area contributed by atoms with E-state index in [1.54, 1.807) is 7.11 Å². The Morgan fingerprint density at radius 3 is 2.92 bits per heavy atom. The number of aliphatic imine (C=N–C) groups is 1. The lowest BCUT2D eigenvalue weighted by Gasteiger charge is -2.22. The van der Waals surface area contributed by atoms with E-state index in [1.165, 1.54) is 24.0 Å². The number of hydrogen-bond donors (Lipinski definition) is 2. The van der Waals surface area contributed by atoms with Crippen LogP contribution in [0, 0.1) is 6.92 Å². The van der Waals surface area contributed by atoms with E-state index in [4.69, 9.17) is 14.5 Å². The van der Waals surface area contributed by atoms with Gasteiger partial charge in [-0.1, -0.05) is 17.7 Å². The maximum Gasteiger partial charge on any atom is 0.191 e. The molecule has 2 N–H and O–H groups in total. The molecule has 3 atom stereocenters. The number of fused-ring (bicyclic) bond motifs is 2. The Morgan fingerprint density at radius 2 is 2.25 bits per heavy atom. The average molecular weight is 331 g/mol. The Hall–Kier alpha value is -1.75. The lowest BCUT2D eigenvalue weighted by molar-refractivity contribution is 0.0992. The number of guanidine groups is 1. The monoisotopic (exact) mass is 331 g/mol. The lowest BCUT2D eigenvalue weighted by atomic mass is 9.96. The fraction of sp³-hybridized carbons (Fsp3) is 0.632. The second-order valence-electron chi connectivity index (χ2n) is 6.69. The van der Waals surface area contributed by atoms with E-state index in [9.17, 15) is 0 Å². The van der Waals surface area contributed by atoms with Crippen LogP contribution >= 0.6 is 0 Å². The molecule has 0 aromatic heterocycles. The lowest BCUT2D eigenvalue weighted by Crippen LogP contribution is -2.47. The van der Waals surface area contributed by atoms with Gasteiger partial charge >= 0.3 is 0 Å². The van der Waals surface area contributed by atoms with Crippen LogP contribution in [0.5, 0.6) is 5.75 Å². The number of aryl methyl sites for hydroxylation is 1. The molecule has 132 valence electrons. The summed E-state index contributed by atoms with van der Waals surface area (Å²) in [4.78, 5) is 4.74. The molecule has 2 bridgehead atoms. The van der Waals surface area contributed by atoms with Crippen molar-refractivity contribution in [2.45, 2.75) is 57.8 Å². The molecule has 3 unspecified atom stereocenters. The third-order valence-corrected chi connectivity index (χ3v) is 4.86. The van der Waals surface area contributed by atoms with Gasteiger partial charge in [0.05, 0.1) is 25.4 Å². The molecule has 2 fully saturated rings. The van der Waals surface area contributed by atoms with E-state index in [1.807, 2.05) is 6.07 Å². The van der Waals surface area contributed by atoms with Crippen LogP contribution in [0.1, 0.15) is 37.3 Å². The number of hydrogen-bond acceptors (Lipinski definition) is 3. The van der Waals surface area contributed by atoms with Crippen molar-refractivity contribution in [3.63, 3.8) is 0 Å². The zero-order valence-corrected chi connectivity index (χ0v) is 15.0. The summed E-state index contributed by atoms with van der Waals surface area (Å²) in [6.45, 7) is 5.79. The summed E-state index contributed by atoms with van der Waals surface area (Å²) < 4.78 is 11.4. The zero-order valence-electron chi connectivity index (χ0n) is 15.0. The van der Waals surface area contributed by atoms with E-state index >= 15 is 0 Å². The number of rotatable bonds is 6. The fourth-order valence-electron chi connectivity index (χ4n) is 3.68. The molecule has 2 heterocycles. The van der Waals surface area contributed by atoms with Gasteiger partial charge in [0, 0.05) is 13.1 Å². The number of ether oxygens (including phenoxy) is 2. The number of nitrogens with zero attached hydrogens (tertiary/aromatic N) is 1. The maximum atomic E-state index is 5.92. The first kappa shape index (κ1) is 17.1. The number of nitrogens with one attached hydrogen (secondary N) is 2. The average Bonchev–Trinajstić information content (AvgIpc) is 3.18. The smallest absolute Gasteiger partial charge is 0.191 e. The summed E-state index contributed by atoms with van der Waals surface area (Å²) in [7, 11) is 1.72. The van der Waals surface area contributed by atoms with Crippen molar-refractivity contribution in [2.24, 2.45) is 4.99 Å². The molecule has 24 heavy (non-hydrogen) atoms. The molecule has 0 aliphatic carbocycles. The van der Waals surface area contributed by atoms with E-state index < -0.39 is 0 Å². The first-order chi connectivity index (χ1) is 11.7. The highest BCUT2D eigenvalue weighted by atomic mass is 16.5. The van der Waals surface area contributed by atoms with Gasteiger partial charge in [-0.2, -0.15) is 0 Å². The first-order valence-electron chi connectivity index (χ1n) is 9.03. The van der Waals surface area contributed by atoms with Crippen LogP contribution in [0.3, 0.4) is 0 Å². The second-order valence-corrected chi connectivity index (χ2v) is 6.69. The molecule has 0 radical (unpaired) electrons. The van der Waals surface area contributed by atoms with Gasteiger partial charge < -0.3 is 20.1 Å². The van der Waals surface area contributed by atoms with Gasteiger partial charge in [-0.15, -0.1) is 0 Å². The summed E-state index contributed by atoms with van der Waals surface area (Å²) in [5, 5.41) is 6.90. The van der Waals surface area contributed by atoms with Crippen LogP contribution in [0.15, 0.2) is 23.2 Å². The molecule has 2 aliphatic heterocycles. The van der Waals surface area contributed by atoms with E-state index in [-0.39, 0.29) is 0 Å². The molecule has 0 saturated carbocycles. The van der Waals surface area contributed by atoms with Gasteiger partial charge in [-0.3, -0.25) is 4.99 Å². The van der Waals surface area contributed by atoms with Crippen LogP contribution in [0.4, 0.5) is 0 Å². The Kier molecular flexibility index (Phi) is 5.61. The van der Waals surface area contributed by atoms with Crippen LogP contribution in [-0.2, 0) is 11.2 Å². The van der Waals surface area contributed by atoms with Crippen molar-refractivity contribution in [3.05, 3.63) is 29.3 Å². The zero-order chi connectivity index (χ0) is 16.9. The highest BCUT2D eigenvalue weighted by Crippen LogP contribution is 2.34. The minimum Gasteiger partial charge on any atom is -0.496 e. The Balaban J connectivity index is 1.59. The van der Waals surface area contributed by atoms with E-state index in [2.05, 4.69) is 36.6 Å². The van der Waals surface area contributed by atoms with Crippen molar-refractivity contribution in [2.75, 3.05) is 20.2 Å². The topological polar surface area (TPSA) is 54.9 Å². The summed E-state index contributed by atoms with van der Waals surface area (Å²) in [5.41, 5.74) is 2.46. The number of benzene rings is 1. The van der Waals surface area contributed by atoms with Gasteiger partial charge in [0.15, 0.2) is 5.96 Å². The molecule has 2 saturated heterocycles. The highest BCUT2D eigenvalue weighted by Gasteiger charge is 2.41. The number of methoxy groups -OCH3 is 1. The predicted molar refractivity (Wildman–Crippen MR) is 96.8 cm³/mol. The van der Waals surface area contributed by atoms with Gasteiger partial charge in [-0.25, -0.2) is 0 Å². The van der Waals surface area contributed by atoms with Crippen molar-refractivity contribution in [1.29, 1.82) is 0 Å². The molecule has 1 aromatic carbocycles. The predicted octanol–water partition coefficient (Wildman–Crippen LogP) is 2.42. The summed E-state index contributed by atoms with van der Waals surface area (Å²) >= 11 is 0. The first-order valence-corrected chi connectivity index (χ1v) is 9.03. The Labute approximate surface area is 144 Å². The maximum absolute atomic E-state index is 5.92. The normalized spacial score (nSPS) is 25.8. The van der Waals surface area contributed by atoms with Crippen LogP contribution in [-0.4, -0.2) is 44.4 Å².